The zero-order valence-electron chi connectivity index (χ0n) is 22.2. The molecule has 4 N–H and O–H groups in total. The van der Waals surface area contributed by atoms with Crippen LogP contribution in [0, 0.1) is 6.92 Å². The number of aryl methyl sites for hydroxylation is 1. The summed E-state index contributed by atoms with van der Waals surface area (Å²) >= 11 is 3.21. The molecule has 2 rings (SSSR count). The van der Waals surface area contributed by atoms with Crippen LogP contribution in [0.1, 0.15) is 54.8 Å². The van der Waals surface area contributed by atoms with Crippen LogP contribution in [0.2, 0.25) is 0 Å². The SMILES string of the molecule is C=BC(CC)(CC)SCC(=O)NCC(=O)N[C@H](CCC(=O)O)C(=O)Nc1ccc(Cc2ccc(C)s2)cc1. The third-order valence-corrected chi connectivity index (χ3v) is 8.93. The van der Waals surface area contributed by atoms with Gasteiger partial charge in [-0.25, -0.2) is 0 Å². The van der Waals surface area contributed by atoms with Crippen LogP contribution in [0.4, 0.5) is 5.69 Å². The molecule has 0 aliphatic carbocycles. The van der Waals surface area contributed by atoms with Crippen molar-refractivity contribution in [1.29, 1.82) is 0 Å². The van der Waals surface area contributed by atoms with Gasteiger partial charge < -0.3 is 5.11 Å². The summed E-state index contributed by atoms with van der Waals surface area (Å²) < 4.78 is -0.194. The summed E-state index contributed by atoms with van der Waals surface area (Å²) in [6.07, 6.45) is 2.09. The van der Waals surface area contributed by atoms with Crippen LogP contribution in [0.3, 0.4) is 0 Å². The molecule has 8 nitrogen and oxygen atoms in total. The Morgan fingerprint density at radius 1 is 1.08 bits per heavy atom. The zero-order valence-corrected chi connectivity index (χ0v) is 23.8. The van der Waals surface area contributed by atoms with E-state index < -0.39 is 23.8 Å². The van der Waals surface area contributed by atoms with Gasteiger partial charge in [-0.2, -0.15) is 0 Å². The van der Waals surface area contributed by atoms with E-state index in [0.29, 0.717) is 5.69 Å². The molecule has 1 aromatic carbocycles. The number of aliphatic carboxylic acids is 1. The van der Waals surface area contributed by atoms with Crippen molar-refractivity contribution in [2.24, 2.45) is 0 Å². The Labute approximate surface area is 233 Å². The second-order valence-corrected chi connectivity index (χ2v) is 11.7. The molecule has 1 heterocycles. The molecule has 1 atom stereocenters. The maximum absolute atomic E-state index is 12.9. The summed E-state index contributed by atoms with van der Waals surface area (Å²) in [6, 6.07) is 10.5. The average molecular weight is 558 g/mol. The monoisotopic (exact) mass is 557 g/mol. The first-order chi connectivity index (χ1) is 18.1. The number of amides is 3. The third kappa shape index (κ3) is 10.5. The summed E-state index contributed by atoms with van der Waals surface area (Å²) in [4.78, 5) is 51.2. The van der Waals surface area contributed by atoms with Crippen LogP contribution in [0.15, 0.2) is 36.4 Å². The van der Waals surface area contributed by atoms with Crippen LogP contribution >= 0.6 is 23.1 Å². The molecule has 0 aliphatic rings. The fourth-order valence-corrected chi connectivity index (χ4v) is 5.71. The van der Waals surface area contributed by atoms with Gasteiger partial charge in [0.25, 0.3) is 0 Å². The Kier molecular flexibility index (Phi) is 12.8. The van der Waals surface area contributed by atoms with Crippen LogP contribution in [-0.2, 0) is 25.6 Å². The van der Waals surface area contributed by atoms with E-state index in [1.807, 2.05) is 32.9 Å². The molecule has 11 heteroatoms. The second-order valence-electron chi connectivity index (χ2n) is 8.97. The molecule has 1 aromatic heterocycles. The van der Waals surface area contributed by atoms with Crippen molar-refractivity contribution in [1.82, 2.24) is 10.6 Å². The van der Waals surface area contributed by atoms with Crippen molar-refractivity contribution >= 4 is 65.9 Å². The molecule has 0 radical (unpaired) electrons. The summed E-state index contributed by atoms with van der Waals surface area (Å²) in [6.45, 7) is 11.5. The number of thioether (sulfide) groups is 1. The number of nitrogens with one attached hydrogen (secondary N) is 3. The van der Waals surface area contributed by atoms with Crippen LogP contribution < -0.4 is 16.0 Å². The molecule has 0 unspecified atom stereocenters. The average Bonchev–Trinajstić information content (AvgIpc) is 3.31. The Hall–Kier alpha value is -2.92. The zero-order chi connectivity index (χ0) is 28.1. The number of carboxylic acids is 1. The van der Waals surface area contributed by atoms with Crippen LogP contribution in [-0.4, -0.2) is 65.2 Å². The Balaban J connectivity index is 1.91. The minimum absolute atomic E-state index is 0.0820. The number of hydrogen-bond acceptors (Lipinski definition) is 6. The van der Waals surface area contributed by atoms with E-state index in [1.54, 1.807) is 23.5 Å². The Morgan fingerprint density at radius 3 is 2.32 bits per heavy atom. The molecule has 0 saturated heterocycles. The molecule has 0 aliphatic heterocycles. The number of anilines is 1. The van der Waals surface area contributed by atoms with Crippen molar-refractivity contribution in [3.8, 4) is 0 Å². The van der Waals surface area contributed by atoms with Crippen molar-refractivity contribution in [3.05, 3.63) is 51.7 Å². The summed E-state index contributed by atoms with van der Waals surface area (Å²) in [7, 11) is 0. The van der Waals surface area contributed by atoms with E-state index >= 15 is 0 Å². The summed E-state index contributed by atoms with van der Waals surface area (Å²) in [5.41, 5.74) is 1.64. The number of benzene rings is 1. The first-order valence-electron chi connectivity index (χ1n) is 12.6. The molecular weight excluding hydrogens is 521 g/mol. The van der Waals surface area contributed by atoms with Gasteiger partial charge in [0.15, 0.2) is 0 Å². The second kappa shape index (κ2) is 15.5. The number of hydrogen-bond donors (Lipinski definition) is 4. The number of carbonyl (C=O) groups is 4. The molecule has 0 fully saturated rings. The molecular formula is C27H36BN3O5S2. The van der Waals surface area contributed by atoms with E-state index in [-0.39, 0.29) is 35.7 Å². The van der Waals surface area contributed by atoms with Crippen LogP contribution in [0.5, 0.6) is 0 Å². The topological polar surface area (TPSA) is 125 Å². The summed E-state index contributed by atoms with van der Waals surface area (Å²) in [5.74, 6) is -2.30. The molecule has 3 amide bonds. The first-order valence-corrected chi connectivity index (χ1v) is 14.4. The minimum Gasteiger partial charge on any atom is -0.145 e. The fourth-order valence-electron chi connectivity index (χ4n) is 3.74. The number of carboxylic acid groups (broad SMARTS) is 1. The van der Waals surface area contributed by atoms with Gasteiger partial charge in [0.1, 0.15) is 0 Å². The van der Waals surface area contributed by atoms with Gasteiger partial charge >= 0.3 is 147 Å². The molecule has 2 aromatic rings. The van der Waals surface area contributed by atoms with Gasteiger partial charge in [-0.15, -0.1) is 11.3 Å². The summed E-state index contributed by atoms with van der Waals surface area (Å²) in [5, 5.41) is 16.9. The van der Waals surface area contributed by atoms with Crippen molar-refractivity contribution < 1.29 is 24.3 Å². The smallest absolute Gasteiger partial charge is 0.145 e. The number of carbonyl (C=O) groups excluding carboxylic acids is 3. The normalized spacial score (nSPS) is 11.8. The van der Waals surface area contributed by atoms with Gasteiger partial charge in [-0.05, 0) is 36.8 Å². The van der Waals surface area contributed by atoms with Crippen molar-refractivity contribution in [3.63, 3.8) is 0 Å². The standard InChI is InChI=1S/C27H36BN3O5S2/c1-5-27(6-2,28-4)37-17-24(33)29-16-23(32)31-22(13-14-25(34)35)26(36)30-20-10-8-19(9-11-20)15-21-12-7-18(3)38-21/h7-12,22H,4-6,13-17H2,1-3H3,(H,29,33)(H,30,36)(H,31,32)(H,34,35)/t22-/m1/s1. The number of thiophene rings is 1. The van der Waals surface area contributed by atoms with E-state index in [1.165, 1.54) is 21.5 Å². The molecule has 38 heavy (non-hydrogen) atoms. The number of rotatable bonds is 16. The molecule has 204 valence electrons. The molecule has 0 spiro atoms. The third-order valence-electron chi connectivity index (χ3n) is 6.20. The van der Waals surface area contributed by atoms with E-state index in [0.717, 1.165) is 24.8 Å². The van der Waals surface area contributed by atoms with Crippen molar-refractivity contribution in [2.45, 2.75) is 63.6 Å². The maximum atomic E-state index is 12.9. The fraction of sp³-hybridized carbons (Fsp3) is 0.444. The van der Waals surface area contributed by atoms with E-state index in [9.17, 15) is 19.2 Å². The van der Waals surface area contributed by atoms with Gasteiger partial charge in [0, 0.05) is 16.2 Å². The predicted octanol–water partition coefficient (Wildman–Crippen LogP) is 3.44. The molecule has 0 saturated carbocycles. The van der Waals surface area contributed by atoms with Gasteiger partial charge in [-0.3, -0.25) is 4.79 Å². The first kappa shape index (κ1) is 31.3. The minimum atomic E-state index is -1.08. The van der Waals surface area contributed by atoms with Gasteiger partial charge in [-0.1, -0.05) is 12.1 Å². The Morgan fingerprint density at radius 2 is 1.76 bits per heavy atom. The molecule has 0 bridgehead atoms. The predicted molar refractivity (Wildman–Crippen MR) is 157 cm³/mol. The van der Waals surface area contributed by atoms with Gasteiger partial charge in [0.05, 0.1) is 0 Å². The van der Waals surface area contributed by atoms with E-state index in [4.69, 9.17) is 5.11 Å². The van der Waals surface area contributed by atoms with Crippen LogP contribution in [0.25, 0.3) is 0 Å². The van der Waals surface area contributed by atoms with E-state index in [2.05, 4.69) is 41.5 Å². The van der Waals surface area contributed by atoms with Gasteiger partial charge in [0.2, 0.25) is 0 Å². The Bertz CT molecular complexity index is 1120. The quantitative estimate of drug-likeness (QED) is 0.235. The van der Waals surface area contributed by atoms with Crippen molar-refractivity contribution in [2.75, 3.05) is 17.6 Å².